The summed E-state index contributed by atoms with van der Waals surface area (Å²) in [6, 6.07) is 9.36. The van der Waals surface area contributed by atoms with Crippen molar-refractivity contribution < 1.29 is 0 Å². The van der Waals surface area contributed by atoms with E-state index in [9.17, 15) is 0 Å². The fourth-order valence-electron chi connectivity index (χ4n) is 3.42. The van der Waals surface area contributed by atoms with Crippen LogP contribution in [-0.4, -0.2) is 16.3 Å². The summed E-state index contributed by atoms with van der Waals surface area (Å²) in [5.41, 5.74) is 4.36. The lowest BCUT2D eigenvalue weighted by atomic mass is 9.77. The highest BCUT2D eigenvalue weighted by molar-refractivity contribution is 5.33. The summed E-state index contributed by atoms with van der Waals surface area (Å²) in [4.78, 5) is 0. The number of hydrogen-bond donors (Lipinski definition) is 1. The van der Waals surface area contributed by atoms with Crippen LogP contribution in [0, 0.1) is 5.92 Å². The van der Waals surface area contributed by atoms with Crippen LogP contribution in [0.4, 0.5) is 0 Å². The van der Waals surface area contributed by atoms with E-state index >= 15 is 0 Å². The summed E-state index contributed by atoms with van der Waals surface area (Å²) < 4.78 is 1.90. The summed E-state index contributed by atoms with van der Waals surface area (Å²) in [5.74, 6) is 0.661. The molecule has 1 N–H and O–H groups in total. The van der Waals surface area contributed by atoms with Crippen molar-refractivity contribution in [2.45, 2.75) is 32.2 Å². The topological polar surface area (TPSA) is 29.9 Å². The average Bonchev–Trinajstić information content (AvgIpc) is 2.87. The summed E-state index contributed by atoms with van der Waals surface area (Å²) >= 11 is 0. The molecule has 3 rings (SSSR count). The first-order chi connectivity index (χ1) is 9.78. The van der Waals surface area contributed by atoms with Crippen molar-refractivity contribution in [3.8, 4) is 0 Å². The van der Waals surface area contributed by atoms with E-state index in [4.69, 9.17) is 0 Å². The van der Waals surface area contributed by atoms with Gasteiger partial charge in [0.05, 0.1) is 6.20 Å². The Morgan fingerprint density at radius 1 is 1.35 bits per heavy atom. The van der Waals surface area contributed by atoms with Crippen LogP contribution in [0.3, 0.4) is 0 Å². The van der Waals surface area contributed by atoms with Crippen LogP contribution in [0.15, 0.2) is 36.7 Å². The molecule has 0 amide bonds. The Morgan fingerprint density at radius 2 is 2.20 bits per heavy atom. The van der Waals surface area contributed by atoms with Crippen molar-refractivity contribution in [2.75, 3.05) is 6.54 Å². The quantitative estimate of drug-likeness (QED) is 0.925. The molecule has 0 saturated carbocycles. The Morgan fingerprint density at radius 3 is 2.95 bits per heavy atom. The molecular weight excluding hydrogens is 246 g/mol. The highest BCUT2D eigenvalue weighted by Gasteiger charge is 2.28. The van der Waals surface area contributed by atoms with E-state index < -0.39 is 0 Å². The van der Waals surface area contributed by atoms with Crippen molar-refractivity contribution in [3.63, 3.8) is 0 Å². The molecule has 0 spiro atoms. The number of benzene rings is 1. The van der Waals surface area contributed by atoms with Gasteiger partial charge in [0, 0.05) is 19.3 Å². The highest BCUT2D eigenvalue weighted by atomic mass is 15.2. The zero-order valence-corrected chi connectivity index (χ0v) is 12.3. The number of aryl methyl sites for hydroxylation is 2. The molecule has 3 nitrogen and oxygen atoms in total. The number of nitrogens with one attached hydrogen (secondary N) is 1. The third-order valence-corrected chi connectivity index (χ3v) is 4.33. The minimum atomic E-state index is 0.477. The van der Waals surface area contributed by atoms with Crippen molar-refractivity contribution >= 4 is 0 Å². The second kappa shape index (κ2) is 5.80. The molecule has 0 radical (unpaired) electrons. The Kier molecular flexibility index (Phi) is 3.88. The molecule has 1 aromatic heterocycles. The molecular formula is C17H23N3. The second-order valence-electron chi connectivity index (χ2n) is 5.76. The Balaban J connectivity index is 1.84. The minimum Gasteiger partial charge on any atom is -0.310 e. The lowest BCUT2D eigenvalue weighted by molar-refractivity contribution is 0.323. The van der Waals surface area contributed by atoms with E-state index in [-0.39, 0.29) is 0 Å². The van der Waals surface area contributed by atoms with Crippen molar-refractivity contribution in [1.29, 1.82) is 0 Å². The maximum atomic E-state index is 4.29. The van der Waals surface area contributed by atoms with Crippen LogP contribution in [0.2, 0.25) is 0 Å². The summed E-state index contributed by atoms with van der Waals surface area (Å²) in [7, 11) is 1.99. The van der Waals surface area contributed by atoms with E-state index in [1.807, 2.05) is 17.9 Å². The third-order valence-electron chi connectivity index (χ3n) is 4.33. The van der Waals surface area contributed by atoms with E-state index in [0.29, 0.717) is 12.0 Å². The first kappa shape index (κ1) is 13.4. The second-order valence-corrected chi connectivity index (χ2v) is 5.76. The van der Waals surface area contributed by atoms with Gasteiger partial charge in [0.1, 0.15) is 0 Å². The predicted octanol–water partition coefficient (Wildman–Crippen LogP) is 2.88. The van der Waals surface area contributed by atoms with Gasteiger partial charge in [-0.05, 0) is 48.4 Å². The molecule has 1 aliphatic rings. The van der Waals surface area contributed by atoms with Gasteiger partial charge in [-0.1, -0.05) is 31.2 Å². The highest BCUT2D eigenvalue weighted by Crippen LogP contribution is 2.36. The van der Waals surface area contributed by atoms with Crippen molar-refractivity contribution in [1.82, 2.24) is 15.1 Å². The zero-order valence-electron chi connectivity index (χ0n) is 12.3. The number of fused-ring (bicyclic) bond motifs is 1. The molecule has 2 atom stereocenters. The first-order valence-electron chi connectivity index (χ1n) is 7.56. The normalized spacial score (nSPS) is 21.7. The van der Waals surface area contributed by atoms with Crippen LogP contribution >= 0.6 is 0 Å². The lowest BCUT2D eigenvalue weighted by Crippen LogP contribution is -2.33. The van der Waals surface area contributed by atoms with Crippen LogP contribution < -0.4 is 5.32 Å². The molecule has 2 unspecified atom stereocenters. The monoisotopic (exact) mass is 269 g/mol. The molecule has 0 saturated heterocycles. The lowest BCUT2D eigenvalue weighted by Gasteiger charge is -2.34. The van der Waals surface area contributed by atoms with Crippen molar-refractivity contribution in [3.05, 3.63) is 53.3 Å². The Hall–Kier alpha value is -1.61. The van der Waals surface area contributed by atoms with Gasteiger partial charge < -0.3 is 5.32 Å². The van der Waals surface area contributed by atoms with Gasteiger partial charge in [-0.3, -0.25) is 4.68 Å². The Bertz CT molecular complexity index is 573. The van der Waals surface area contributed by atoms with Crippen molar-refractivity contribution in [2.24, 2.45) is 13.0 Å². The largest absolute Gasteiger partial charge is 0.310 e. The molecule has 2 aromatic rings. The third kappa shape index (κ3) is 2.63. The summed E-state index contributed by atoms with van der Waals surface area (Å²) in [5, 5.41) is 7.98. The van der Waals surface area contributed by atoms with Gasteiger partial charge in [-0.25, -0.2) is 0 Å². The van der Waals surface area contributed by atoms with Crippen LogP contribution in [0.25, 0.3) is 0 Å². The minimum absolute atomic E-state index is 0.477. The van der Waals surface area contributed by atoms with Gasteiger partial charge in [0.15, 0.2) is 0 Å². The molecule has 1 heterocycles. The molecule has 20 heavy (non-hydrogen) atoms. The van der Waals surface area contributed by atoms with E-state index in [0.717, 1.165) is 13.0 Å². The zero-order chi connectivity index (χ0) is 13.9. The molecule has 106 valence electrons. The molecule has 0 bridgehead atoms. The maximum absolute atomic E-state index is 4.29. The van der Waals surface area contributed by atoms with Gasteiger partial charge >= 0.3 is 0 Å². The van der Waals surface area contributed by atoms with Gasteiger partial charge in [0.25, 0.3) is 0 Å². The standard InChI is InChI=1S/C17H23N3/c1-3-18-17-15(10-13-11-19-20(2)12-13)9-8-14-6-4-5-7-16(14)17/h4-7,11-12,15,17-18H,3,8-10H2,1-2H3. The van der Waals surface area contributed by atoms with Crippen LogP contribution in [0.1, 0.15) is 36.1 Å². The van der Waals surface area contributed by atoms with E-state index in [1.54, 1.807) is 0 Å². The van der Waals surface area contributed by atoms with E-state index in [2.05, 4.69) is 47.8 Å². The van der Waals surface area contributed by atoms with Crippen LogP contribution in [-0.2, 0) is 19.9 Å². The fourth-order valence-corrected chi connectivity index (χ4v) is 3.42. The number of nitrogens with zero attached hydrogens (tertiary/aromatic N) is 2. The predicted molar refractivity (Wildman–Crippen MR) is 81.6 cm³/mol. The first-order valence-corrected chi connectivity index (χ1v) is 7.56. The average molecular weight is 269 g/mol. The molecule has 1 aromatic carbocycles. The number of rotatable bonds is 4. The van der Waals surface area contributed by atoms with Gasteiger partial charge in [-0.2, -0.15) is 5.10 Å². The molecule has 0 fully saturated rings. The molecule has 1 aliphatic carbocycles. The molecule has 0 aliphatic heterocycles. The van der Waals surface area contributed by atoms with E-state index in [1.165, 1.54) is 29.5 Å². The summed E-state index contributed by atoms with van der Waals surface area (Å²) in [6.45, 7) is 3.21. The summed E-state index contributed by atoms with van der Waals surface area (Å²) in [6.07, 6.45) is 7.71. The molecule has 3 heteroatoms. The fraction of sp³-hybridized carbons (Fsp3) is 0.471. The number of aromatic nitrogens is 2. The van der Waals surface area contributed by atoms with Crippen LogP contribution in [0.5, 0.6) is 0 Å². The van der Waals surface area contributed by atoms with Gasteiger partial charge in [-0.15, -0.1) is 0 Å². The maximum Gasteiger partial charge on any atom is 0.0521 e. The Labute approximate surface area is 121 Å². The smallest absolute Gasteiger partial charge is 0.0521 e. The van der Waals surface area contributed by atoms with Gasteiger partial charge in [0.2, 0.25) is 0 Å². The number of hydrogen-bond acceptors (Lipinski definition) is 2. The SMILES string of the molecule is CCNC1c2ccccc2CCC1Cc1cnn(C)c1.